The molecule has 1 aliphatic heterocycles. The van der Waals surface area contributed by atoms with Gasteiger partial charge in [0.25, 0.3) is 5.91 Å². The van der Waals surface area contributed by atoms with Gasteiger partial charge in [0.2, 0.25) is 0 Å². The molecule has 6 nitrogen and oxygen atoms in total. The normalized spacial score (nSPS) is 14.8. The predicted molar refractivity (Wildman–Crippen MR) is 95.4 cm³/mol. The molecule has 2 aromatic heterocycles. The molecule has 0 aromatic carbocycles. The largest absolute Gasteiger partial charge is 0.355 e. The average molecular weight is 335 g/mol. The van der Waals surface area contributed by atoms with Crippen molar-refractivity contribution in [3.8, 4) is 6.07 Å². The van der Waals surface area contributed by atoms with E-state index < -0.39 is 0 Å². The summed E-state index contributed by atoms with van der Waals surface area (Å²) in [5.41, 5.74) is 2.95. The van der Waals surface area contributed by atoms with Crippen molar-refractivity contribution >= 4 is 11.7 Å². The lowest BCUT2D eigenvalue weighted by atomic mass is 10.0. The Hall–Kier alpha value is -2.94. The summed E-state index contributed by atoms with van der Waals surface area (Å²) in [6.07, 6.45) is 3.25. The van der Waals surface area contributed by atoms with Crippen molar-refractivity contribution in [2.24, 2.45) is 0 Å². The fourth-order valence-corrected chi connectivity index (χ4v) is 3.18. The van der Waals surface area contributed by atoms with E-state index in [-0.39, 0.29) is 11.9 Å². The SMILES string of the molecule is Cc1cc(C)c(C#N)c(N2CCC(NC(=O)c3ccccn3)CC2)n1. The van der Waals surface area contributed by atoms with Crippen molar-refractivity contribution in [2.45, 2.75) is 32.7 Å². The van der Waals surface area contributed by atoms with Crippen LogP contribution < -0.4 is 10.2 Å². The van der Waals surface area contributed by atoms with Crippen LogP contribution in [0.3, 0.4) is 0 Å². The van der Waals surface area contributed by atoms with E-state index in [9.17, 15) is 10.1 Å². The lowest BCUT2D eigenvalue weighted by Gasteiger charge is -2.33. The Bertz CT molecular complexity index is 805. The fraction of sp³-hybridized carbons (Fsp3) is 0.368. The molecule has 3 heterocycles. The number of hydrogen-bond acceptors (Lipinski definition) is 5. The maximum absolute atomic E-state index is 12.2. The molecule has 2 aromatic rings. The Morgan fingerprint density at radius 2 is 2.08 bits per heavy atom. The van der Waals surface area contributed by atoms with Crippen molar-refractivity contribution in [3.05, 3.63) is 53.0 Å². The van der Waals surface area contributed by atoms with Crippen molar-refractivity contribution in [1.29, 1.82) is 5.26 Å². The van der Waals surface area contributed by atoms with Gasteiger partial charge in [-0.2, -0.15) is 5.26 Å². The zero-order valence-electron chi connectivity index (χ0n) is 14.5. The van der Waals surface area contributed by atoms with Gasteiger partial charge in [-0.15, -0.1) is 0 Å². The number of aromatic nitrogens is 2. The van der Waals surface area contributed by atoms with Crippen LogP contribution in [-0.4, -0.2) is 35.0 Å². The number of amides is 1. The molecule has 1 amide bonds. The molecule has 1 saturated heterocycles. The minimum atomic E-state index is -0.138. The van der Waals surface area contributed by atoms with Gasteiger partial charge in [-0.3, -0.25) is 9.78 Å². The molecular weight excluding hydrogens is 314 g/mol. The van der Waals surface area contributed by atoms with E-state index in [4.69, 9.17) is 0 Å². The zero-order chi connectivity index (χ0) is 17.8. The minimum Gasteiger partial charge on any atom is -0.355 e. The Labute approximate surface area is 147 Å². The summed E-state index contributed by atoms with van der Waals surface area (Å²) < 4.78 is 0. The molecule has 0 atom stereocenters. The third-order valence-corrected chi connectivity index (χ3v) is 4.46. The summed E-state index contributed by atoms with van der Waals surface area (Å²) in [5.74, 6) is 0.621. The second-order valence-corrected chi connectivity index (χ2v) is 6.34. The van der Waals surface area contributed by atoms with Crippen molar-refractivity contribution < 1.29 is 4.79 Å². The van der Waals surface area contributed by atoms with E-state index in [1.807, 2.05) is 19.9 Å². The molecule has 1 fully saturated rings. The summed E-state index contributed by atoms with van der Waals surface area (Å²) in [4.78, 5) is 23.0. The van der Waals surface area contributed by atoms with Gasteiger partial charge in [-0.05, 0) is 50.5 Å². The molecule has 0 radical (unpaired) electrons. The standard InChI is InChI=1S/C19H21N5O/c1-13-11-14(2)22-18(16(13)12-20)24-9-6-15(7-10-24)23-19(25)17-5-3-4-8-21-17/h3-5,8,11,15H,6-7,9-10H2,1-2H3,(H,23,25). The lowest BCUT2D eigenvalue weighted by molar-refractivity contribution is 0.0926. The zero-order valence-corrected chi connectivity index (χ0v) is 14.5. The second kappa shape index (κ2) is 7.31. The molecule has 1 aliphatic rings. The fourth-order valence-electron chi connectivity index (χ4n) is 3.18. The number of aryl methyl sites for hydroxylation is 2. The first-order valence-electron chi connectivity index (χ1n) is 8.43. The number of anilines is 1. The van der Waals surface area contributed by atoms with Gasteiger partial charge < -0.3 is 10.2 Å². The van der Waals surface area contributed by atoms with Gasteiger partial charge >= 0.3 is 0 Å². The quantitative estimate of drug-likeness (QED) is 0.931. The van der Waals surface area contributed by atoms with E-state index >= 15 is 0 Å². The van der Waals surface area contributed by atoms with E-state index in [2.05, 4.69) is 26.3 Å². The van der Waals surface area contributed by atoms with E-state index in [1.54, 1.807) is 24.4 Å². The highest BCUT2D eigenvalue weighted by atomic mass is 16.1. The molecule has 0 aliphatic carbocycles. The summed E-state index contributed by atoms with van der Waals surface area (Å²) in [5, 5.41) is 12.5. The van der Waals surface area contributed by atoms with Crippen LogP contribution in [0.1, 0.15) is 40.2 Å². The molecule has 6 heteroatoms. The van der Waals surface area contributed by atoms with E-state index in [0.717, 1.165) is 43.0 Å². The number of rotatable bonds is 3. The predicted octanol–water partition coefficient (Wildman–Crippen LogP) is 2.36. The molecule has 128 valence electrons. The highest BCUT2D eigenvalue weighted by Gasteiger charge is 2.24. The third kappa shape index (κ3) is 3.77. The molecule has 0 spiro atoms. The van der Waals surface area contributed by atoms with Crippen LogP contribution in [0.2, 0.25) is 0 Å². The summed E-state index contributed by atoms with van der Waals surface area (Å²) in [6, 6.07) is 9.62. The van der Waals surface area contributed by atoms with Gasteiger partial charge in [0.1, 0.15) is 17.6 Å². The maximum Gasteiger partial charge on any atom is 0.270 e. The molecule has 0 bridgehead atoms. The lowest BCUT2D eigenvalue weighted by Crippen LogP contribution is -2.45. The molecular formula is C19H21N5O. The summed E-state index contributed by atoms with van der Waals surface area (Å²) in [7, 11) is 0. The Kier molecular flexibility index (Phi) is 4.94. The average Bonchev–Trinajstić information content (AvgIpc) is 2.62. The first-order chi connectivity index (χ1) is 12.1. The first kappa shape index (κ1) is 16.9. The van der Waals surface area contributed by atoms with Crippen molar-refractivity contribution in [1.82, 2.24) is 15.3 Å². The van der Waals surface area contributed by atoms with Crippen LogP contribution in [0.25, 0.3) is 0 Å². The summed E-state index contributed by atoms with van der Waals surface area (Å²) >= 11 is 0. The Morgan fingerprint density at radius 3 is 2.72 bits per heavy atom. The van der Waals surface area contributed by atoms with Gasteiger partial charge in [-0.1, -0.05) is 6.07 Å². The smallest absolute Gasteiger partial charge is 0.270 e. The molecule has 0 saturated carbocycles. The number of pyridine rings is 2. The molecule has 3 rings (SSSR count). The van der Waals surface area contributed by atoms with Crippen LogP contribution in [-0.2, 0) is 0 Å². The number of carbonyl (C=O) groups excluding carboxylic acids is 1. The third-order valence-electron chi connectivity index (χ3n) is 4.46. The van der Waals surface area contributed by atoms with Gasteiger partial charge in [0.15, 0.2) is 0 Å². The number of nitrogens with zero attached hydrogens (tertiary/aromatic N) is 4. The number of piperidine rings is 1. The molecule has 25 heavy (non-hydrogen) atoms. The van der Waals surface area contributed by atoms with Crippen molar-refractivity contribution in [2.75, 3.05) is 18.0 Å². The minimum absolute atomic E-state index is 0.113. The van der Waals surface area contributed by atoms with E-state index in [1.165, 1.54) is 0 Å². The van der Waals surface area contributed by atoms with E-state index in [0.29, 0.717) is 11.3 Å². The summed E-state index contributed by atoms with van der Waals surface area (Å²) in [6.45, 7) is 5.41. The number of carbonyl (C=O) groups is 1. The van der Waals surface area contributed by atoms with Crippen LogP contribution in [0, 0.1) is 25.2 Å². The van der Waals surface area contributed by atoms with Crippen LogP contribution in [0.15, 0.2) is 30.5 Å². The van der Waals surface area contributed by atoms with Crippen LogP contribution in [0.5, 0.6) is 0 Å². The van der Waals surface area contributed by atoms with Crippen LogP contribution in [0.4, 0.5) is 5.82 Å². The van der Waals surface area contributed by atoms with Gasteiger partial charge in [0.05, 0.1) is 5.56 Å². The van der Waals surface area contributed by atoms with Crippen LogP contribution >= 0.6 is 0 Å². The van der Waals surface area contributed by atoms with Crippen molar-refractivity contribution in [3.63, 3.8) is 0 Å². The Balaban J connectivity index is 1.65. The number of hydrogen-bond donors (Lipinski definition) is 1. The monoisotopic (exact) mass is 335 g/mol. The number of nitriles is 1. The van der Waals surface area contributed by atoms with Gasteiger partial charge in [0, 0.05) is 31.0 Å². The first-order valence-corrected chi connectivity index (χ1v) is 8.43. The highest BCUT2D eigenvalue weighted by Crippen LogP contribution is 2.25. The topological polar surface area (TPSA) is 81.9 Å². The highest BCUT2D eigenvalue weighted by molar-refractivity contribution is 5.92. The maximum atomic E-state index is 12.2. The molecule has 0 unspecified atom stereocenters. The second-order valence-electron chi connectivity index (χ2n) is 6.34. The number of nitrogens with one attached hydrogen (secondary N) is 1. The Morgan fingerprint density at radius 1 is 1.32 bits per heavy atom. The van der Waals surface area contributed by atoms with Gasteiger partial charge in [-0.25, -0.2) is 4.98 Å². The molecule has 1 N–H and O–H groups in total.